The second kappa shape index (κ2) is 4.30. The lowest BCUT2D eigenvalue weighted by Crippen LogP contribution is -2.27. The molecule has 0 radical (unpaired) electrons. The zero-order valence-electron chi connectivity index (χ0n) is 7.29. The van der Waals surface area contributed by atoms with E-state index in [1.807, 2.05) is 0 Å². The van der Waals surface area contributed by atoms with Crippen molar-refractivity contribution in [2.45, 2.75) is 25.4 Å². The van der Waals surface area contributed by atoms with Gasteiger partial charge in [0, 0.05) is 5.92 Å². The number of ether oxygens (including phenoxy) is 2. The SMILES string of the molecule is COC(=O)OC1CCCC1CN. The van der Waals surface area contributed by atoms with Crippen LogP contribution in [0.5, 0.6) is 0 Å². The molecule has 2 atom stereocenters. The van der Waals surface area contributed by atoms with Crippen LogP contribution in [0.1, 0.15) is 19.3 Å². The van der Waals surface area contributed by atoms with E-state index in [9.17, 15) is 4.79 Å². The molecule has 0 spiro atoms. The fraction of sp³-hybridized carbons (Fsp3) is 0.875. The van der Waals surface area contributed by atoms with Crippen molar-refractivity contribution in [2.75, 3.05) is 13.7 Å². The van der Waals surface area contributed by atoms with Gasteiger partial charge in [0.1, 0.15) is 6.10 Å². The van der Waals surface area contributed by atoms with Gasteiger partial charge in [-0.15, -0.1) is 0 Å². The summed E-state index contributed by atoms with van der Waals surface area (Å²) in [5.41, 5.74) is 5.51. The summed E-state index contributed by atoms with van der Waals surface area (Å²) in [5, 5.41) is 0. The smallest absolute Gasteiger partial charge is 0.438 e. The summed E-state index contributed by atoms with van der Waals surface area (Å²) in [6.07, 6.45) is 2.43. The molecule has 1 rings (SSSR count). The van der Waals surface area contributed by atoms with Gasteiger partial charge in [0.15, 0.2) is 0 Å². The van der Waals surface area contributed by atoms with Crippen LogP contribution in [-0.2, 0) is 9.47 Å². The molecule has 0 aromatic heterocycles. The number of hydrogen-bond donors (Lipinski definition) is 1. The van der Waals surface area contributed by atoms with Gasteiger partial charge in [0.25, 0.3) is 0 Å². The number of nitrogens with two attached hydrogens (primary N) is 1. The van der Waals surface area contributed by atoms with E-state index in [4.69, 9.17) is 10.5 Å². The molecule has 0 aromatic rings. The third-order valence-electron chi connectivity index (χ3n) is 2.31. The predicted octanol–water partition coefficient (Wildman–Crippen LogP) is 0.897. The Labute approximate surface area is 72.0 Å². The van der Waals surface area contributed by atoms with Crippen LogP contribution in [0.15, 0.2) is 0 Å². The van der Waals surface area contributed by atoms with E-state index in [1.54, 1.807) is 0 Å². The van der Waals surface area contributed by atoms with Gasteiger partial charge in [-0.3, -0.25) is 0 Å². The third kappa shape index (κ3) is 2.11. The minimum Gasteiger partial charge on any atom is -0.438 e. The van der Waals surface area contributed by atoms with E-state index in [1.165, 1.54) is 7.11 Å². The first-order valence-electron chi connectivity index (χ1n) is 4.22. The van der Waals surface area contributed by atoms with Crippen molar-refractivity contribution in [3.05, 3.63) is 0 Å². The van der Waals surface area contributed by atoms with E-state index in [-0.39, 0.29) is 6.10 Å². The van der Waals surface area contributed by atoms with Crippen LogP contribution < -0.4 is 5.73 Å². The van der Waals surface area contributed by atoms with Gasteiger partial charge in [-0.2, -0.15) is 0 Å². The Morgan fingerprint density at radius 1 is 1.58 bits per heavy atom. The minimum absolute atomic E-state index is 0.0255. The summed E-state index contributed by atoms with van der Waals surface area (Å²) in [6.45, 7) is 0.585. The Kier molecular flexibility index (Phi) is 3.34. The molecule has 1 fully saturated rings. The topological polar surface area (TPSA) is 61.5 Å². The summed E-state index contributed by atoms with van der Waals surface area (Å²) in [4.78, 5) is 10.7. The van der Waals surface area contributed by atoms with Crippen LogP contribution in [0.3, 0.4) is 0 Å². The van der Waals surface area contributed by atoms with E-state index in [2.05, 4.69) is 4.74 Å². The first-order valence-corrected chi connectivity index (χ1v) is 4.22. The molecule has 0 bridgehead atoms. The Balaban J connectivity index is 2.35. The second-order valence-corrected chi connectivity index (χ2v) is 3.04. The molecule has 12 heavy (non-hydrogen) atoms. The number of methoxy groups -OCH3 is 1. The number of hydrogen-bond acceptors (Lipinski definition) is 4. The number of carbonyl (C=O) groups is 1. The molecule has 0 saturated heterocycles. The first-order chi connectivity index (χ1) is 5.77. The molecule has 0 amide bonds. The Hall–Kier alpha value is -0.770. The fourth-order valence-corrected chi connectivity index (χ4v) is 1.60. The normalized spacial score (nSPS) is 28.5. The van der Waals surface area contributed by atoms with Gasteiger partial charge in [0.05, 0.1) is 7.11 Å². The van der Waals surface area contributed by atoms with Gasteiger partial charge >= 0.3 is 6.16 Å². The Morgan fingerprint density at radius 3 is 2.92 bits per heavy atom. The molecular weight excluding hydrogens is 158 g/mol. The van der Waals surface area contributed by atoms with Crippen molar-refractivity contribution < 1.29 is 14.3 Å². The highest BCUT2D eigenvalue weighted by Gasteiger charge is 2.29. The summed E-state index contributed by atoms with van der Waals surface area (Å²) in [7, 11) is 1.31. The monoisotopic (exact) mass is 173 g/mol. The fourth-order valence-electron chi connectivity index (χ4n) is 1.60. The van der Waals surface area contributed by atoms with E-state index in [0.29, 0.717) is 12.5 Å². The molecule has 1 aliphatic rings. The van der Waals surface area contributed by atoms with Crippen LogP contribution in [0.25, 0.3) is 0 Å². The molecule has 0 aliphatic heterocycles. The molecular formula is C8H15NO3. The van der Waals surface area contributed by atoms with Crippen LogP contribution in [0.4, 0.5) is 4.79 Å². The van der Waals surface area contributed by atoms with E-state index in [0.717, 1.165) is 19.3 Å². The van der Waals surface area contributed by atoms with E-state index < -0.39 is 6.16 Å². The van der Waals surface area contributed by atoms with Crippen LogP contribution in [0, 0.1) is 5.92 Å². The first kappa shape index (κ1) is 9.32. The third-order valence-corrected chi connectivity index (χ3v) is 2.31. The summed E-state index contributed by atoms with van der Waals surface area (Å²) >= 11 is 0. The van der Waals surface area contributed by atoms with Crippen molar-refractivity contribution in [3.63, 3.8) is 0 Å². The van der Waals surface area contributed by atoms with Gasteiger partial charge in [-0.25, -0.2) is 4.79 Å². The molecule has 70 valence electrons. The molecule has 4 nitrogen and oxygen atoms in total. The Morgan fingerprint density at radius 2 is 2.33 bits per heavy atom. The highest BCUT2D eigenvalue weighted by molar-refractivity contribution is 5.59. The lowest BCUT2D eigenvalue weighted by molar-refractivity contribution is 0.0240. The average Bonchev–Trinajstić information content (AvgIpc) is 2.51. The maximum atomic E-state index is 10.7. The van der Waals surface area contributed by atoms with Crippen molar-refractivity contribution in [1.82, 2.24) is 0 Å². The summed E-state index contributed by atoms with van der Waals surface area (Å²) in [6, 6.07) is 0. The number of rotatable bonds is 2. The largest absolute Gasteiger partial charge is 0.508 e. The van der Waals surface area contributed by atoms with Crippen molar-refractivity contribution in [1.29, 1.82) is 0 Å². The van der Waals surface area contributed by atoms with Crippen molar-refractivity contribution in [3.8, 4) is 0 Å². The van der Waals surface area contributed by atoms with Gasteiger partial charge in [-0.05, 0) is 25.8 Å². The van der Waals surface area contributed by atoms with Crippen molar-refractivity contribution >= 4 is 6.16 Å². The average molecular weight is 173 g/mol. The molecule has 0 aromatic carbocycles. The Bertz CT molecular complexity index is 160. The zero-order chi connectivity index (χ0) is 8.97. The summed E-state index contributed by atoms with van der Waals surface area (Å²) < 4.78 is 9.43. The van der Waals surface area contributed by atoms with Crippen LogP contribution in [0.2, 0.25) is 0 Å². The van der Waals surface area contributed by atoms with Crippen molar-refractivity contribution in [2.24, 2.45) is 11.7 Å². The predicted molar refractivity (Wildman–Crippen MR) is 43.7 cm³/mol. The maximum absolute atomic E-state index is 10.7. The highest BCUT2D eigenvalue weighted by Crippen LogP contribution is 2.27. The van der Waals surface area contributed by atoms with Gasteiger partial charge in [0.2, 0.25) is 0 Å². The van der Waals surface area contributed by atoms with Crippen LogP contribution in [-0.4, -0.2) is 25.9 Å². The lowest BCUT2D eigenvalue weighted by Gasteiger charge is -2.16. The molecule has 2 unspecified atom stereocenters. The lowest BCUT2D eigenvalue weighted by atomic mass is 10.1. The molecule has 0 heterocycles. The molecule has 1 aliphatic carbocycles. The second-order valence-electron chi connectivity index (χ2n) is 3.04. The quantitative estimate of drug-likeness (QED) is 0.630. The molecule has 1 saturated carbocycles. The van der Waals surface area contributed by atoms with Gasteiger partial charge < -0.3 is 15.2 Å². The van der Waals surface area contributed by atoms with E-state index >= 15 is 0 Å². The number of carbonyl (C=O) groups excluding carboxylic acids is 1. The standard InChI is InChI=1S/C8H15NO3/c1-11-8(10)12-7-4-2-3-6(7)5-9/h6-7H,2-5,9H2,1H3. The zero-order valence-corrected chi connectivity index (χ0v) is 7.29. The van der Waals surface area contributed by atoms with Crippen LogP contribution >= 0.6 is 0 Å². The highest BCUT2D eigenvalue weighted by atomic mass is 16.7. The summed E-state index contributed by atoms with van der Waals surface area (Å²) in [5.74, 6) is 0.323. The molecule has 4 heteroatoms. The van der Waals surface area contributed by atoms with Gasteiger partial charge in [-0.1, -0.05) is 0 Å². The minimum atomic E-state index is -0.597. The maximum Gasteiger partial charge on any atom is 0.508 e. The molecule has 2 N–H and O–H groups in total.